The Kier molecular flexibility index (Phi) is 2.70. The van der Waals surface area contributed by atoms with Gasteiger partial charge in [0.15, 0.2) is 11.5 Å². The quantitative estimate of drug-likeness (QED) is 0.652. The zero-order valence-electron chi connectivity index (χ0n) is 10.4. The summed E-state index contributed by atoms with van der Waals surface area (Å²) in [4.78, 5) is 22.7. The molecule has 3 rings (SSSR count). The topological polar surface area (TPSA) is 159 Å². The monoisotopic (exact) mass is 276 g/mol. The number of nitrogens with two attached hydrogens (primary N) is 2. The van der Waals surface area contributed by atoms with Crippen LogP contribution >= 0.6 is 0 Å². The molecule has 2 aromatic heterocycles. The molecule has 104 valence electrons. The van der Waals surface area contributed by atoms with Crippen molar-refractivity contribution >= 4 is 17.9 Å². The highest BCUT2D eigenvalue weighted by molar-refractivity contribution is 5.86. The van der Waals surface area contributed by atoms with E-state index in [1.54, 1.807) is 0 Å². The molecule has 0 aromatic carbocycles. The molecule has 5 N–H and O–H groups in total. The third kappa shape index (κ3) is 2.22. The Morgan fingerprint density at radius 3 is 2.45 bits per heavy atom. The van der Waals surface area contributed by atoms with E-state index < -0.39 is 5.97 Å². The van der Waals surface area contributed by atoms with Crippen LogP contribution in [-0.4, -0.2) is 41.0 Å². The molecule has 0 aliphatic heterocycles. The average molecular weight is 276 g/mol. The van der Waals surface area contributed by atoms with Crippen molar-refractivity contribution in [2.45, 2.75) is 25.3 Å². The molecular formula is C10H12N8O2. The molecule has 0 radical (unpaired) electrons. The Balaban J connectivity index is 1.96. The second-order valence-electron chi connectivity index (χ2n) is 4.53. The van der Waals surface area contributed by atoms with E-state index >= 15 is 0 Å². The van der Waals surface area contributed by atoms with Crippen molar-refractivity contribution in [1.29, 1.82) is 0 Å². The zero-order valence-corrected chi connectivity index (χ0v) is 10.4. The lowest BCUT2D eigenvalue weighted by Crippen LogP contribution is -2.13. The number of hydrogen-bond acceptors (Lipinski definition) is 8. The number of nitrogens with zero attached hydrogens (tertiary/aromatic N) is 6. The molecule has 1 aliphatic rings. The molecule has 1 fully saturated rings. The fourth-order valence-electron chi connectivity index (χ4n) is 2.01. The van der Waals surface area contributed by atoms with Crippen molar-refractivity contribution in [2.75, 3.05) is 11.5 Å². The molecule has 0 bridgehead atoms. The predicted octanol–water partition coefficient (Wildman–Crippen LogP) is -0.749. The van der Waals surface area contributed by atoms with E-state index in [2.05, 4.69) is 25.3 Å². The van der Waals surface area contributed by atoms with E-state index in [0.717, 1.165) is 12.8 Å². The Labute approximate surface area is 112 Å². The number of carboxylic acids is 1. The molecular weight excluding hydrogens is 264 g/mol. The number of carbonyl (C=O) groups is 1. The molecule has 2 aromatic rings. The number of aromatic carboxylic acids is 1. The number of hydrogen-bond donors (Lipinski definition) is 3. The summed E-state index contributed by atoms with van der Waals surface area (Å²) in [6.07, 6.45) is 1.85. The Bertz CT molecular complexity index is 658. The molecule has 0 saturated heterocycles. The van der Waals surface area contributed by atoms with Crippen LogP contribution in [0.2, 0.25) is 0 Å². The minimum atomic E-state index is -1.09. The molecule has 0 amide bonds. The SMILES string of the molecule is Nc1nc(N)nc(Cn2nnc(C(=O)O)c2C2CC2)n1. The first-order chi connectivity index (χ1) is 9.54. The van der Waals surface area contributed by atoms with Crippen molar-refractivity contribution in [3.8, 4) is 0 Å². The highest BCUT2D eigenvalue weighted by Crippen LogP contribution is 2.41. The van der Waals surface area contributed by atoms with E-state index in [-0.39, 0.29) is 30.1 Å². The molecule has 0 atom stereocenters. The summed E-state index contributed by atoms with van der Waals surface area (Å²) >= 11 is 0. The van der Waals surface area contributed by atoms with Gasteiger partial charge in [0.1, 0.15) is 6.54 Å². The van der Waals surface area contributed by atoms with Crippen LogP contribution in [0.4, 0.5) is 11.9 Å². The summed E-state index contributed by atoms with van der Waals surface area (Å²) in [7, 11) is 0. The second kappa shape index (κ2) is 4.40. The van der Waals surface area contributed by atoms with Crippen LogP contribution in [0.5, 0.6) is 0 Å². The fourth-order valence-corrected chi connectivity index (χ4v) is 2.01. The fraction of sp³-hybridized carbons (Fsp3) is 0.400. The van der Waals surface area contributed by atoms with Crippen LogP contribution < -0.4 is 11.5 Å². The molecule has 10 nitrogen and oxygen atoms in total. The van der Waals surface area contributed by atoms with Crippen molar-refractivity contribution < 1.29 is 9.90 Å². The van der Waals surface area contributed by atoms with E-state index in [1.165, 1.54) is 4.68 Å². The smallest absolute Gasteiger partial charge is 0.358 e. The van der Waals surface area contributed by atoms with E-state index in [4.69, 9.17) is 16.6 Å². The number of anilines is 2. The maximum absolute atomic E-state index is 11.1. The van der Waals surface area contributed by atoms with E-state index in [1.807, 2.05) is 0 Å². The standard InChI is InChI=1S/C10H12N8O2/c11-9-13-5(14-10(12)15-9)3-18-7(4-1-2-4)6(8(19)20)16-17-18/h4H,1-3H2,(H,19,20)(H4,11,12,13,14,15). The minimum Gasteiger partial charge on any atom is -0.476 e. The largest absolute Gasteiger partial charge is 0.476 e. The average Bonchev–Trinajstić information content (AvgIpc) is 3.09. The van der Waals surface area contributed by atoms with Crippen LogP contribution in [-0.2, 0) is 6.54 Å². The Hall–Kier alpha value is -2.78. The van der Waals surface area contributed by atoms with Crippen LogP contribution in [0.15, 0.2) is 0 Å². The van der Waals surface area contributed by atoms with Gasteiger partial charge in [-0.25, -0.2) is 9.48 Å². The van der Waals surface area contributed by atoms with E-state index in [0.29, 0.717) is 11.5 Å². The number of aromatic nitrogens is 6. The van der Waals surface area contributed by atoms with E-state index in [9.17, 15) is 4.79 Å². The van der Waals surface area contributed by atoms with Gasteiger partial charge in [-0.05, 0) is 12.8 Å². The van der Waals surface area contributed by atoms with Gasteiger partial charge in [-0.1, -0.05) is 5.21 Å². The molecule has 10 heteroatoms. The lowest BCUT2D eigenvalue weighted by atomic mass is 10.2. The minimum absolute atomic E-state index is 0.0130. The number of rotatable bonds is 4. The summed E-state index contributed by atoms with van der Waals surface area (Å²) in [6.45, 7) is 0.156. The predicted molar refractivity (Wildman–Crippen MR) is 66.7 cm³/mol. The first-order valence-electron chi connectivity index (χ1n) is 5.97. The normalized spacial score (nSPS) is 14.4. The molecule has 1 aliphatic carbocycles. The Morgan fingerprint density at radius 2 is 1.90 bits per heavy atom. The molecule has 2 heterocycles. The lowest BCUT2D eigenvalue weighted by Gasteiger charge is -2.05. The summed E-state index contributed by atoms with van der Waals surface area (Å²) in [5.41, 5.74) is 11.6. The molecule has 0 unspecified atom stereocenters. The maximum Gasteiger partial charge on any atom is 0.358 e. The van der Waals surface area contributed by atoms with Gasteiger partial charge >= 0.3 is 5.97 Å². The third-order valence-corrected chi connectivity index (χ3v) is 2.95. The van der Waals surface area contributed by atoms with Crippen LogP contribution in [0.3, 0.4) is 0 Å². The first-order valence-corrected chi connectivity index (χ1v) is 5.97. The summed E-state index contributed by atoms with van der Waals surface area (Å²) in [5.74, 6) is -0.572. The Morgan fingerprint density at radius 1 is 1.25 bits per heavy atom. The number of nitrogen functional groups attached to an aromatic ring is 2. The molecule has 20 heavy (non-hydrogen) atoms. The van der Waals surface area contributed by atoms with Gasteiger partial charge in [-0.3, -0.25) is 0 Å². The van der Waals surface area contributed by atoms with Crippen molar-refractivity contribution in [1.82, 2.24) is 29.9 Å². The van der Waals surface area contributed by atoms with Crippen molar-refractivity contribution in [2.24, 2.45) is 0 Å². The highest BCUT2D eigenvalue weighted by atomic mass is 16.4. The maximum atomic E-state index is 11.1. The highest BCUT2D eigenvalue weighted by Gasteiger charge is 2.33. The molecule has 1 saturated carbocycles. The molecule has 0 spiro atoms. The van der Waals surface area contributed by atoms with Gasteiger partial charge in [0.05, 0.1) is 5.69 Å². The van der Waals surface area contributed by atoms with Crippen LogP contribution in [0.25, 0.3) is 0 Å². The van der Waals surface area contributed by atoms with Crippen molar-refractivity contribution in [3.63, 3.8) is 0 Å². The summed E-state index contributed by atoms with van der Waals surface area (Å²) in [5, 5.41) is 16.7. The van der Waals surface area contributed by atoms with Crippen molar-refractivity contribution in [3.05, 3.63) is 17.2 Å². The zero-order chi connectivity index (χ0) is 14.3. The van der Waals surface area contributed by atoms with Crippen LogP contribution in [0, 0.1) is 0 Å². The van der Waals surface area contributed by atoms with Gasteiger partial charge in [-0.2, -0.15) is 15.0 Å². The summed E-state index contributed by atoms with van der Waals surface area (Å²) in [6, 6.07) is 0. The van der Waals surface area contributed by atoms with Gasteiger partial charge in [0, 0.05) is 5.92 Å². The second-order valence-corrected chi connectivity index (χ2v) is 4.53. The van der Waals surface area contributed by atoms with Crippen LogP contribution in [0.1, 0.15) is 40.8 Å². The third-order valence-electron chi connectivity index (χ3n) is 2.95. The van der Waals surface area contributed by atoms with Gasteiger partial charge in [0.25, 0.3) is 0 Å². The van der Waals surface area contributed by atoms with Gasteiger partial charge in [-0.15, -0.1) is 5.10 Å². The van der Waals surface area contributed by atoms with Gasteiger partial charge in [0.2, 0.25) is 11.9 Å². The first kappa shape index (κ1) is 12.3. The van der Waals surface area contributed by atoms with Gasteiger partial charge < -0.3 is 16.6 Å². The number of carboxylic acid groups (broad SMARTS) is 1. The lowest BCUT2D eigenvalue weighted by molar-refractivity contribution is 0.0689. The summed E-state index contributed by atoms with van der Waals surface area (Å²) < 4.78 is 1.48.